The molecule has 0 bridgehead atoms. The van der Waals surface area contributed by atoms with Crippen molar-refractivity contribution in [2.45, 2.75) is 12.5 Å². The minimum atomic E-state index is -0.690. The van der Waals surface area contributed by atoms with Crippen molar-refractivity contribution in [3.63, 3.8) is 0 Å². The molecule has 80 valence electrons. The molecule has 2 rings (SSSR count). The first kappa shape index (κ1) is 9.50. The fourth-order valence-corrected chi connectivity index (χ4v) is 1.59. The summed E-state index contributed by atoms with van der Waals surface area (Å²) in [6, 6.07) is -0.389. The van der Waals surface area contributed by atoms with Crippen LogP contribution in [0.1, 0.15) is 23.0 Å². The first-order chi connectivity index (χ1) is 7.09. The number of nitrogens with two attached hydrogens (primary N) is 2. The minimum Gasteiger partial charge on any atom is -0.396 e. The molecule has 7 nitrogen and oxygen atoms in total. The molecule has 1 atom stereocenters. The summed E-state index contributed by atoms with van der Waals surface area (Å²) in [7, 11) is 0. The summed E-state index contributed by atoms with van der Waals surface area (Å²) in [5.41, 5.74) is 10.8. The lowest BCUT2D eigenvalue weighted by molar-refractivity contribution is -0.122. The van der Waals surface area contributed by atoms with E-state index >= 15 is 0 Å². The molecule has 1 aromatic heterocycles. The number of nitrogens with one attached hydrogen (secondary N) is 1. The highest BCUT2D eigenvalue weighted by Crippen LogP contribution is 2.18. The zero-order valence-corrected chi connectivity index (χ0v) is 7.93. The van der Waals surface area contributed by atoms with Crippen LogP contribution in [0, 0.1) is 0 Å². The van der Waals surface area contributed by atoms with Crippen molar-refractivity contribution in [3.8, 4) is 0 Å². The summed E-state index contributed by atoms with van der Waals surface area (Å²) in [4.78, 5) is 22.2. The quantitative estimate of drug-likeness (QED) is 0.556. The van der Waals surface area contributed by atoms with E-state index in [1.54, 1.807) is 0 Å². The highest BCUT2D eigenvalue weighted by molar-refractivity contribution is 5.95. The molecule has 15 heavy (non-hydrogen) atoms. The molecule has 1 aromatic rings. The average Bonchev–Trinajstić information content (AvgIpc) is 2.71. The maximum atomic E-state index is 11.3. The number of hydrogen-bond donors (Lipinski definition) is 3. The standard InChI is InChI=1S/C8H11N5O2/c9-4-3-13(12-6(4)7(10)14)5-1-2-11-8(5)15/h3,5H,1-2,9H2,(H2,10,14)(H,11,15). The molecule has 5 N–H and O–H groups in total. The van der Waals surface area contributed by atoms with Crippen LogP contribution in [0.5, 0.6) is 0 Å². The number of amides is 2. The van der Waals surface area contributed by atoms with Crippen molar-refractivity contribution in [1.29, 1.82) is 0 Å². The van der Waals surface area contributed by atoms with Gasteiger partial charge in [0.2, 0.25) is 5.91 Å². The number of aromatic nitrogens is 2. The van der Waals surface area contributed by atoms with Crippen LogP contribution in [-0.2, 0) is 4.79 Å². The van der Waals surface area contributed by atoms with Crippen LogP contribution in [0.25, 0.3) is 0 Å². The lowest BCUT2D eigenvalue weighted by Gasteiger charge is -2.05. The van der Waals surface area contributed by atoms with Crippen molar-refractivity contribution in [3.05, 3.63) is 11.9 Å². The molecule has 1 saturated heterocycles. The smallest absolute Gasteiger partial charge is 0.271 e. The van der Waals surface area contributed by atoms with E-state index in [1.807, 2.05) is 0 Å². The topological polar surface area (TPSA) is 116 Å². The van der Waals surface area contributed by atoms with Crippen LogP contribution in [0.3, 0.4) is 0 Å². The van der Waals surface area contributed by atoms with Gasteiger partial charge in [0.15, 0.2) is 5.69 Å². The van der Waals surface area contributed by atoms with Crippen molar-refractivity contribution < 1.29 is 9.59 Å². The van der Waals surface area contributed by atoms with Gasteiger partial charge in [0, 0.05) is 12.7 Å². The van der Waals surface area contributed by atoms with Gasteiger partial charge < -0.3 is 16.8 Å². The van der Waals surface area contributed by atoms with Gasteiger partial charge in [-0.3, -0.25) is 14.3 Å². The number of carbonyl (C=O) groups excluding carboxylic acids is 2. The second-order valence-corrected chi connectivity index (χ2v) is 3.37. The molecule has 1 aliphatic rings. The third-order valence-electron chi connectivity index (χ3n) is 2.33. The van der Waals surface area contributed by atoms with Crippen LogP contribution in [0.15, 0.2) is 6.20 Å². The largest absolute Gasteiger partial charge is 0.396 e. The Morgan fingerprint density at radius 2 is 2.40 bits per heavy atom. The number of hydrogen-bond acceptors (Lipinski definition) is 4. The monoisotopic (exact) mass is 209 g/mol. The Labute approximate surface area is 85.4 Å². The predicted octanol–water partition coefficient (Wildman–Crippen LogP) is -1.37. The number of nitrogen functional groups attached to an aromatic ring is 1. The number of primary amides is 1. The summed E-state index contributed by atoms with van der Waals surface area (Å²) in [6.07, 6.45) is 2.09. The van der Waals surface area contributed by atoms with Crippen LogP contribution < -0.4 is 16.8 Å². The van der Waals surface area contributed by atoms with Gasteiger partial charge in [-0.05, 0) is 6.42 Å². The Kier molecular flexibility index (Phi) is 2.07. The second-order valence-electron chi connectivity index (χ2n) is 3.37. The minimum absolute atomic E-state index is 0.00898. The zero-order valence-electron chi connectivity index (χ0n) is 7.93. The van der Waals surface area contributed by atoms with E-state index < -0.39 is 5.91 Å². The first-order valence-corrected chi connectivity index (χ1v) is 4.51. The summed E-state index contributed by atoms with van der Waals surface area (Å²) in [5.74, 6) is -0.807. The third kappa shape index (κ3) is 1.51. The normalized spacial score (nSPS) is 20.3. The molecule has 0 aromatic carbocycles. The molecule has 0 radical (unpaired) electrons. The molecule has 0 aliphatic carbocycles. The Bertz CT molecular complexity index is 425. The number of anilines is 1. The third-order valence-corrected chi connectivity index (χ3v) is 2.33. The maximum Gasteiger partial charge on any atom is 0.271 e. The molecule has 1 aliphatic heterocycles. The van der Waals surface area contributed by atoms with Crippen molar-refractivity contribution in [1.82, 2.24) is 15.1 Å². The van der Waals surface area contributed by atoms with E-state index in [0.717, 1.165) is 0 Å². The summed E-state index contributed by atoms with van der Waals surface area (Å²) < 4.78 is 1.39. The van der Waals surface area contributed by atoms with E-state index in [0.29, 0.717) is 13.0 Å². The van der Waals surface area contributed by atoms with Crippen molar-refractivity contribution >= 4 is 17.5 Å². The lowest BCUT2D eigenvalue weighted by atomic mass is 10.2. The second kappa shape index (κ2) is 3.26. The fourth-order valence-electron chi connectivity index (χ4n) is 1.59. The van der Waals surface area contributed by atoms with E-state index in [2.05, 4.69) is 10.4 Å². The highest BCUT2D eigenvalue weighted by Gasteiger charge is 2.27. The molecule has 7 heteroatoms. The molecule has 0 saturated carbocycles. The summed E-state index contributed by atoms with van der Waals surface area (Å²) in [5, 5.41) is 6.57. The van der Waals surface area contributed by atoms with Gasteiger partial charge in [0.05, 0.1) is 5.69 Å². The first-order valence-electron chi connectivity index (χ1n) is 4.51. The molecule has 2 amide bonds. The highest BCUT2D eigenvalue weighted by atomic mass is 16.2. The van der Waals surface area contributed by atoms with Crippen molar-refractivity contribution in [2.75, 3.05) is 12.3 Å². The molecule has 0 spiro atoms. The van der Waals surface area contributed by atoms with E-state index in [9.17, 15) is 9.59 Å². The Balaban J connectivity index is 2.33. The molecule has 2 heterocycles. The van der Waals surface area contributed by atoms with Crippen LogP contribution in [0.2, 0.25) is 0 Å². The van der Waals surface area contributed by atoms with Crippen molar-refractivity contribution in [2.24, 2.45) is 5.73 Å². The molecular weight excluding hydrogens is 198 g/mol. The van der Waals surface area contributed by atoms with Crippen LogP contribution in [0.4, 0.5) is 5.69 Å². The molecule has 1 fully saturated rings. The Morgan fingerprint density at radius 3 is 2.87 bits per heavy atom. The zero-order chi connectivity index (χ0) is 11.0. The van der Waals surface area contributed by atoms with Crippen LogP contribution >= 0.6 is 0 Å². The average molecular weight is 209 g/mol. The van der Waals surface area contributed by atoms with Gasteiger partial charge in [0.1, 0.15) is 6.04 Å². The summed E-state index contributed by atoms with van der Waals surface area (Å²) in [6.45, 7) is 0.606. The summed E-state index contributed by atoms with van der Waals surface area (Å²) >= 11 is 0. The fraction of sp³-hybridized carbons (Fsp3) is 0.375. The van der Waals surface area contributed by atoms with Gasteiger partial charge in [0.25, 0.3) is 5.91 Å². The number of rotatable bonds is 2. The predicted molar refractivity (Wildman–Crippen MR) is 51.8 cm³/mol. The SMILES string of the molecule is NC(=O)c1nn(C2CCNC2=O)cc1N. The van der Waals surface area contributed by atoms with Crippen LogP contribution in [-0.4, -0.2) is 28.1 Å². The van der Waals surface area contributed by atoms with E-state index in [1.165, 1.54) is 10.9 Å². The van der Waals surface area contributed by atoms with Gasteiger partial charge in [-0.1, -0.05) is 0 Å². The Morgan fingerprint density at radius 1 is 1.67 bits per heavy atom. The maximum absolute atomic E-state index is 11.3. The number of carbonyl (C=O) groups is 2. The lowest BCUT2D eigenvalue weighted by Crippen LogP contribution is -2.22. The number of nitrogens with zero attached hydrogens (tertiary/aromatic N) is 2. The van der Waals surface area contributed by atoms with Gasteiger partial charge in [-0.15, -0.1) is 0 Å². The van der Waals surface area contributed by atoms with E-state index in [4.69, 9.17) is 11.5 Å². The molecule has 1 unspecified atom stereocenters. The van der Waals surface area contributed by atoms with E-state index in [-0.39, 0.29) is 23.3 Å². The van der Waals surface area contributed by atoms with Gasteiger partial charge in [-0.25, -0.2) is 0 Å². The molecular formula is C8H11N5O2. The Hall–Kier alpha value is -2.05. The van der Waals surface area contributed by atoms with Gasteiger partial charge in [-0.2, -0.15) is 5.10 Å². The van der Waals surface area contributed by atoms with Gasteiger partial charge >= 0.3 is 0 Å².